The molecule has 2 heteroatoms. The number of aryl methyl sites for hydroxylation is 1. The van der Waals surface area contributed by atoms with Crippen LogP contribution in [0.4, 0.5) is 0 Å². The second-order valence-corrected chi connectivity index (χ2v) is 3.63. The molecule has 13 heavy (non-hydrogen) atoms. The van der Waals surface area contributed by atoms with E-state index in [0.29, 0.717) is 0 Å². The monoisotopic (exact) mass is 178 g/mol. The third kappa shape index (κ3) is 1.83. The van der Waals surface area contributed by atoms with Crippen LogP contribution in [0.2, 0.25) is 0 Å². The molecule has 0 bridgehead atoms. The van der Waals surface area contributed by atoms with Crippen molar-refractivity contribution in [1.29, 1.82) is 0 Å². The standard InChI is InChI=1S/C11H14O2/c1-8-4-2-3-5-11(8)13-10-6-9(12)7-10/h2-5,9-10,12H,6-7H2,1H3. The number of hydrogen-bond donors (Lipinski definition) is 1. The lowest BCUT2D eigenvalue weighted by molar-refractivity contribution is -0.0110. The largest absolute Gasteiger partial charge is 0.490 e. The zero-order valence-electron chi connectivity index (χ0n) is 7.73. The summed E-state index contributed by atoms with van der Waals surface area (Å²) in [5.41, 5.74) is 1.16. The first-order valence-electron chi connectivity index (χ1n) is 4.66. The Morgan fingerprint density at radius 2 is 2.00 bits per heavy atom. The van der Waals surface area contributed by atoms with Gasteiger partial charge in [0, 0.05) is 12.8 Å². The summed E-state index contributed by atoms with van der Waals surface area (Å²) < 4.78 is 5.69. The number of para-hydroxylation sites is 1. The van der Waals surface area contributed by atoms with E-state index >= 15 is 0 Å². The minimum Gasteiger partial charge on any atom is -0.490 e. The van der Waals surface area contributed by atoms with Gasteiger partial charge in [0.15, 0.2) is 0 Å². The second kappa shape index (κ2) is 3.38. The highest BCUT2D eigenvalue weighted by Crippen LogP contribution is 2.27. The molecular formula is C11H14O2. The topological polar surface area (TPSA) is 29.5 Å². The molecule has 1 aromatic carbocycles. The van der Waals surface area contributed by atoms with Crippen molar-refractivity contribution in [2.45, 2.75) is 32.0 Å². The lowest BCUT2D eigenvalue weighted by Gasteiger charge is -2.32. The van der Waals surface area contributed by atoms with Crippen LogP contribution in [0.5, 0.6) is 5.75 Å². The van der Waals surface area contributed by atoms with Crippen LogP contribution in [-0.4, -0.2) is 17.3 Å². The van der Waals surface area contributed by atoms with Crippen LogP contribution >= 0.6 is 0 Å². The Kier molecular flexibility index (Phi) is 2.23. The summed E-state index contributed by atoms with van der Waals surface area (Å²) in [6.07, 6.45) is 1.62. The minimum absolute atomic E-state index is 0.144. The molecule has 2 rings (SSSR count). The Hall–Kier alpha value is -1.02. The van der Waals surface area contributed by atoms with Gasteiger partial charge in [-0.15, -0.1) is 0 Å². The molecule has 1 aliphatic rings. The van der Waals surface area contributed by atoms with Gasteiger partial charge in [0.05, 0.1) is 6.10 Å². The van der Waals surface area contributed by atoms with Gasteiger partial charge in [-0.3, -0.25) is 0 Å². The highest BCUT2D eigenvalue weighted by atomic mass is 16.5. The summed E-state index contributed by atoms with van der Waals surface area (Å²) >= 11 is 0. The van der Waals surface area contributed by atoms with Gasteiger partial charge in [-0.1, -0.05) is 18.2 Å². The van der Waals surface area contributed by atoms with Gasteiger partial charge >= 0.3 is 0 Å². The number of rotatable bonds is 2. The molecular weight excluding hydrogens is 164 g/mol. The van der Waals surface area contributed by atoms with Crippen LogP contribution in [0.3, 0.4) is 0 Å². The van der Waals surface area contributed by atoms with E-state index in [1.54, 1.807) is 0 Å². The molecule has 1 N–H and O–H groups in total. The smallest absolute Gasteiger partial charge is 0.122 e. The maximum absolute atomic E-state index is 9.09. The molecule has 1 aliphatic carbocycles. The van der Waals surface area contributed by atoms with Crippen molar-refractivity contribution in [3.8, 4) is 5.75 Å². The zero-order chi connectivity index (χ0) is 9.26. The van der Waals surface area contributed by atoms with Crippen molar-refractivity contribution < 1.29 is 9.84 Å². The Morgan fingerprint density at radius 1 is 1.31 bits per heavy atom. The van der Waals surface area contributed by atoms with E-state index in [4.69, 9.17) is 9.84 Å². The van der Waals surface area contributed by atoms with Gasteiger partial charge in [-0.05, 0) is 18.6 Å². The first-order valence-corrected chi connectivity index (χ1v) is 4.66. The molecule has 0 unspecified atom stereocenters. The summed E-state index contributed by atoms with van der Waals surface area (Å²) in [6, 6.07) is 7.97. The van der Waals surface area contributed by atoms with Gasteiger partial charge in [0.2, 0.25) is 0 Å². The Balaban J connectivity index is 1.98. The van der Waals surface area contributed by atoms with Gasteiger partial charge in [0.25, 0.3) is 0 Å². The zero-order valence-corrected chi connectivity index (χ0v) is 7.73. The van der Waals surface area contributed by atoms with Crippen LogP contribution in [0.1, 0.15) is 18.4 Å². The van der Waals surface area contributed by atoms with E-state index in [0.717, 1.165) is 24.2 Å². The van der Waals surface area contributed by atoms with E-state index in [1.165, 1.54) is 0 Å². The quantitative estimate of drug-likeness (QED) is 0.749. The first-order chi connectivity index (χ1) is 6.25. The molecule has 2 nitrogen and oxygen atoms in total. The second-order valence-electron chi connectivity index (χ2n) is 3.63. The molecule has 0 heterocycles. The molecule has 70 valence electrons. The Bertz CT molecular complexity index is 290. The van der Waals surface area contributed by atoms with E-state index < -0.39 is 0 Å². The normalized spacial score (nSPS) is 26.6. The average Bonchev–Trinajstić information content (AvgIpc) is 2.06. The predicted molar refractivity (Wildman–Crippen MR) is 50.8 cm³/mol. The summed E-state index contributed by atoms with van der Waals surface area (Å²) in [4.78, 5) is 0. The van der Waals surface area contributed by atoms with Crippen LogP contribution in [0, 0.1) is 6.92 Å². The number of aliphatic hydroxyl groups is 1. The third-order valence-corrected chi connectivity index (χ3v) is 2.46. The van der Waals surface area contributed by atoms with Crippen LogP contribution < -0.4 is 4.74 Å². The summed E-state index contributed by atoms with van der Waals surface area (Å²) in [7, 11) is 0. The molecule has 0 atom stereocenters. The number of hydrogen-bond acceptors (Lipinski definition) is 2. The first kappa shape index (κ1) is 8.57. The SMILES string of the molecule is Cc1ccccc1OC1CC(O)C1. The maximum Gasteiger partial charge on any atom is 0.122 e. The Morgan fingerprint density at radius 3 is 2.62 bits per heavy atom. The van der Waals surface area contributed by atoms with E-state index in [1.807, 2.05) is 31.2 Å². The van der Waals surface area contributed by atoms with E-state index in [9.17, 15) is 0 Å². The molecule has 0 aliphatic heterocycles. The highest BCUT2D eigenvalue weighted by Gasteiger charge is 2.29. The molecule has 0 spiro atoms. The number of aliphatic hydroxyl groups excluding tert-OH is 1. The minimum atomic E-state index is -0.144. The molecule has 1 saturated carbocycles. The molecule has 1 aromatic rings. The lowest BCUT2D eigenvalue weighted by Crippen LogP contribution is -2.37. The van der Waals surface area contributed by atoms with Gasteiger partial charge in [-0.2, -0.15) is 0 Å². The van der Waals surface area contributed by atoms with Crippen molar-refractivity contribution in [3.63, 3.8) is 0 Å². The van der Waals surface area contributed by atoms with Crippen molar-refractivity contribution in [2.75, 3.05) is 0 Å². The van der Waals surface area contributed by atoms with Crippen molar-refractivity contribution >= 4 is 0 Å². The molecule has 0 aromatic heterocycles. The summed E-state index contributed by atoms with van der Waals surface area (Å²) in [5.74, 6) is 0.944. The van der Waals surface area contributed by atoms with Gasteiger partial charge in [-0.25, -0.2) is 0 Å². The summed E-state index contributed by atoms with van der Waals surface area (Å²) in [6.45, 7) is 2.03. The van der Waals surface area contributed by atoms with Gasteiger partial charge < -0.3 is 9.84 Å². The van der Waals surface area contributed by atoms with Crippen molar-refractivity contribution in [1.82, 2.24) is 0 Å². The van der Waals surface area contributed by atoms with Crippen LogP contribution in [0.25, 0.3) is 0 Å². The molecule has 1 fully saturated rings. The number of benzene rings is 1. The van der Waals surface area contributed by atoms with Crippen LogP contribution in [-0.2, 0) is 0 Å². The molecule has 0 amide bonds. The molecule has 0 radical (unpaired) electrons. The maximum atomic E-state index is 9.09. The fraction of sp³-hybridized carbons (Fsp3) is 0.455. The predicted octanol–water partition coefficient (Wildman–Crippen LogP) is 1.90. The van der Waals surface area contributed by atoms with Crippen molar-refractivity contribution in [2.24, 2.45) is 0 Å². The third-order valence-electron chi connectivity index (χ3n) is 2.46. The Labute approximate surface area is 78.2 Å². The lowest BCUT2D eigenvalue weighted by atomic mass is 9.92. The molecule has 0 saturated heterocycles. The average molecular weight is 178 g/mol. The fourth-order valence-electron chi connectivity index (χ4n) is 1.50. The van der Waals surface area contributed by atoms with Gasteiger partial charge in [0.1, 0.15) is 11.9 Å². The highest BCUT2D eigenvalue weighted by molar-refractivity contribution is 5.32. The van der Waals surface area contributed by atoms with Crippen LogP contribution in [0.15, 0.2) is 24.3 Å². The van der Waals surface area contributed by atoms with E-state index in [-0.39, 0.29) is 12.2 Å². The number of ether oxygens (including phenoxy) is 1. The van der Waals surface area contributed by atoms with E-state index in [2.05, 4.69) is 0 Å². The van der Waals surface area contributed by atoms with Crippen molar-refractivity contribution in [3.05, 3.63) is 29.8 Å². The summed E-state index contributed by atoms with van der Waals surface area (Å²) in [5, 5.41) is 9.09. The fourth-order valence-corrected chi connectivity index (χ4v) is 1.50.